The van der Waals surface area contributed by atoms with Crippen molar-refractivity contribution in [2.45, 2.75) is 39.2 Å². The highest BCUT2D eigenvalue weighted by atomic mass is 16.2. The fourth-order valence-corrected chi connectivity index (χ4v) is 2.45. The maximum absolute atomic E-state index is 12.4. The molecule has 1 fully saturated rings. The van der Waals surface area contributed by atoms with Crippen LogP contribution in [0, 0.1) is 0 Å². The van der Waals surface area contributed by atoms with Crippen molar-refractivity contribution in [3.63, 3.8) is 0 Å². The molecule has 1 aliphatic heterocycles. The molecule has 18 heavy (non-hydrogen) atoms. The van der Waals surface area contributed by atoms with E-state index in [1.54, 1.807) is 6.20 Å². The number of carbonyl (C=O) groups excluding carboxylic acids is 1. The fraction of sp³-hybridized carbons (Fsp3) is 0.571. The van der Waals surface area contributed by atoms with Crippen LogP contribution in [0.25, 0.3) is 0 Å². The third kappa shape index (κ3) is 2.47. The highest BCUT2D eigenvalue weighted by molar-refractivity contribution is 5.94. The first-order valence-corrected chi connectivity index (χ1v) is 6.56. The number of nitrogens with zero attached hydrogens (tertiary/aromatic N) is 2. The molecule has 1 N–H and O–H groups in total. The number of amides is 1. The summed E-state index contributed by atoms with van der Waals surface area (Å²) in [6.45, 7) is 7.95. The molecule has 1 aliphatic rings. The van der Waals surface area contributed by atoms with Gasteiger partial charge in [-0.15, -0.1) is 0 Å². The molecule has 2 heterocycles. The van der Waals surface area contributed by atoms with Crippen LogP contribution in [-0.4, -0.2) is 34.4 Å². The molecule has 2 rings (SSSR count). The van der Waals surface area contributed by atoms with Crippen molar-refractivity contribution in [3.8, 4) is 0 Å². The minimum absolute atomic E-state index is 0.0303. The first kappa shape index (κ1) is 12.9. The number of hydrogen-bond donors (Lipinski definition) is 1. The van der Waals surface area contributed by atoms with E-state index in [1.807, 2.05) is 24.0 Å². The first-order valence-electron chi connectivity index (χ1n) is 6.56. The van der Waals surface area contributed by atoms with E-state index in [9.17, 15) is 4.79 Å². The number of likely N-dealkylation sites (tertiary alicyclic amines) is 1. The Morgan fingerprint density at radius 1 is 1.50 bits per heavy atom. The molecule has 0 spiro atoms. The molecule has 0 unspecified atom stereocenters. The Morgan fingerprint density at radius 3 is 2.78 bits per heavy atom. The van der Waals surface area contributed by atoms with Gasteiger partial charge < -0.3 is 10.2 Å². The Morgan fingerprint density at radius 2 is 2.28 bits per heavy atom. The van der Waals surface area contributed by atoms with Gasteiger partial charge in [0.2, 0.25) is 0 Å². The summed E-state index contributed by atoms with van der Waals surface area (Å²) in [6, 6.07) is 3.71. The Kier molecular flexibility index (Phi) is 3.55. The van der Waals surface area contributed by atoms with Gasteiger partial charge in [0.25, 0.3) is 5.91 Å². The molecule has 1 amide bonds. The summed E-state index contributed by atoms with van der Waals surface area (Å²) in [6.07, 6.45) is 3.82. The van der Waals surface area contributed by atoms with Crippen LogP contribution in [0.5, 0.6) is 0 Å². The monoisotopic (exact) mass is 247 g/mol. The van der Waals surface area contributed by atoms with Gasteiger partial charge in [-0.05, 0) is 45.7 Å². The minimum atomic E-state index is -0.0303. The average molecular weight is 247 g/mol. The first-order chi connectivity index (χ1) is 8.54. The number of hydrogen-bond acceptors (Lipinski definition) is 3. The predicted molar refractivity (Wildman–Crippen MR) is 72.8 cm³/mol. The molecular weight excluding hydrogens is 226 g/mol. The van der Waals surface area contributed by atoms with Crippen molar-refractivity contribution in [1.29, 1.82) is 0 Å². The largest absolute Gasteiger partial charge is 0.370 e. The van der Waals surface area contributed by atoms with Gasteiger partial charge in [0.05, 0.1) is 5.56 Å². The molecule has 0 bridgehead atoms. The maximum Gasteiger partial charge on any atom is 0.255 e. The molecule has 0 aromatic carbocycles. The molecule has 4 nitrogen and oxygen atoms in total. The lowest BCUT2D eigenvalue weighted by molar-refractivity contribution is 0.0651. The van der Waals surface area contributed by atoms with Crippen LogP contribution in [0.15, 0.2) is 18.3 Å². The van der Waals surface area contributed by atoms with Crippen LogP contribution in [0.1, 0.15) is 44.0 Å². The van der Waals surface area contributed by atoms with Crippen molar-refractivity contribution in [1.82, 2.24) is 9.88 Å². The van der Waals surface area contributed by atoms with E-state index >= 15 is 0 Å². The van der Waals surface area contributed by atoms with Crippen molar-refractivity contribution < 1.29 is 4.79 Å². The molecule has 1 aromatic rings. The van der Waals surface area contributed by atoms with Gasteiger partial charge in [-0.25, -0.2) is 4.98 Å². The fourth-order valence-electron chi connectivity index (χ4n) is 2.45. The molecule has 0 aliphatic carbocycles. The highest BCUT2D eigenvalue weighted by Crippen LogP contribution is 2.29. The lowest BCUT2D eigenvalue weighted by atomic mass is 10.0. The van der Waals surface area contributed by atoms with E-state index in [-0.39, 0.29) is 11.4 Å². The van der Waals surface area contributed by atoms with Crippen LogP contribution in [-0.2, 0) is 0 Å². The summed E-state index contributed by atoms with van der Waals surface area (Å²) in [7, 11) is 0. The van der Waals surface area contributed by atoms with Gasteiger partial charge in [0, 0.05) is 24.8 Å². The van der Waals surface area contributed by atoms with Gasteiger partial charge in [-0.2, -0.15) is 0 Å². The second-order valence-electron chi connectivity index (χ2n) is 5.34. The number of pyridine rings is 1. The van der Waals surface area contributed by atoms with Crippen LogP contribution in [0.2, 0.25) is 0 Å². The Labute approximate surface area is 108 Å². The summed E-state index contributed by atoms with van der Waals surface area (Å²) >= 11 is 0. The van der Waals surface area contributed by atoms with E-state index in [4.69, 9.17) is 0 Å². The number of rotatable bonds is 3. The van der Waals surface area contributed by atoms with Crippen molar-refractivity contribution >= 4 is 11.7 Å². The summed E-state index contributed by atoms with van der Waals surface area (Å²) in [5.74, 6) is 0.905. The van der Waals surface area contributed by atoms with Crippen molar-refractivity contribution in [2.75, 3.05) is 18.4 Å². The number of carbonyl (C=O) groups is 1. The summed E-state index contributed by atoms with van der Waals surface area (Å²) in [5, 5.41) is 3.12. The standard InChI is InChI=1S/C14H21N3O/c1-4-15-12-7-6-11(10-16-12)13(18)17-9-5-8-14(17,2)3/h6-7,10H,4-5,8-9H2,1-3H3,(H,15,16). The lowest BCUT2D eigenvalue weighted by Gasteiger charge is -2.31. The summed E-state index contributed by atoms with van der Waals surface area (Å²) in [4.78, 5) is 18.6. The number of nitrogens with one attached hydrogen (secondary N) is 1. The van der Waals surface area contributed by atoms with Gasteiger partial charge in [-0.3, -0.25) is 4.79 Å². The summed E-state index contributed by atoms with van der Waals surface area (Å²) in [5.41, 5.74) is 0.642. The van der Waals surface area contributed by atoms with Crippen LogP contribution in [0.3, 0.4) is 0 Å². The molecule has 1 aromatic heterocycles. The van der Waals surface area contributed by atoms with Gasteiger partial charge >= 0.3 is 0 Å². The Balaban J connectivity index is 2.14. The molecular formula is C14H21N3O. The molecule has 0 atom stereocenters. The third-order valence-electron chi connectivity index (χ3n) is 3.51. The van der Waals surface area contributed by atoms with Crippen LogP contribution in [0.4, 0.5) is 5.82 Å². The molecule has 0 saturated carbocycles. The smallest absolute Gasteiger partial charge is 0.255 e. The maximum atomic E-state index is 12.4. The summed E-state index contributed by atoms with van der Waals surface area (Å²) < 4.78 is 0. The second kappa shape index (κ2) is 4.96. The van der Waals surface area contributed by atoms with E-state index in [2.05, 4.69) is 24.1 Å². The molecule has 1 saturated heterocycles. The average Bonchev–Trinajstić information content (AvgIpc) is 2.69. The SMILES string of the molecule is CCNc1ccc(C(=O)N2CCCC2(C)C)cn1. The van der Waals surface area contributed by atoms with Crippen LogP contribution >= 0.6 is 0 Å². The van der Waals surface area contributed by atoms with E-state index in [1.165, 1.54) is 0 Å². The zero-order chi connectivity index (χ0) is 13.2. The molecule has 4 heteroatoms. The number of aromatic nitrogens is 1. The Bertz CT molecular complexity index is 425. The van der Waals surface area contributed by atoms with Gasteiger partial charge in [0.15, 0.2) is 0 Å². The normalized spacial score (nSPS) is 17.8. The van der Waals surface area contributed by atoms with Gasteiger partial charge in [-0.1, -0.05) is 0 Å². The van der Waals surface area contributed by atoms with E-state index in [0.29, 0.717) is 5.56 Å². The number of anilines is 1. The second-order valence-corrected chi connectivity index (χ2v) is 5.34. The third-order valence-corrected chi connectivity index (χ3v) is 3.51. The predicted octanol–water partition coefficient (Wildman–Crippen LogP) is 2.53. The topological polar surface area (TPSA) is 45.2 Å². The molecule has 0 radical (unpaired) electrons. The van der Waals surface area contributed by atoms with E-state index < -0.39 is 0 Å². The Hall–Kier alpha value is -1.58. The lowest BCUT2D eigenvalue weighted by Crippen LogP contribution is -2.42. The molecule has 98 valence electrons. The van der Waals surface area contributed by atoms with Crippen molar-refractivity contribution in [2.24, 2.45) is 0 Å². The van der Waals surface area contributed by atoms with Crippen LogP contribution < -0.4 is 5.32 Å². The van der Waals surface area contributed by atoms with Crippen molar-refractivity contribution in [3.05, 3.63) is 23.9 Å². The zero-order valence-electron chi connectivity index (χ0n) is 11.4. The minimum Gasteiger partial charge on any atom is -0.370 e. The van der Waals surface area contributed by atoms with E-state index in [0.717, 1.165) is 31.7 Å². The van der Waals surface area contributed by atoms with Gasteiger partial charge in [0.1, 0.15) is 5.82 Å². The highest BCUT2D eigenvalue weighted by Gasteiger charge is 2.35. The quantitative estimate of drug-likeness (QED) is 0.892. The zero-order valence-corrected chi connectivity index (χ0v) is 11.4.